The quantitative estimate of drug-likeness (QED) is 0.848. The van der Waals surface area contributed by atoms with Crippen molar-refractivity contribution in [1.82, 2.24) is 20.2 Å². The van der Waals surface area contributed by atoms with Gasteiger partial charge in [0.05, 0.1) is 11.8 Å². The van der Waals surface area contributed by atoms with Crippen molar-refractivity contribution in [1.29, 1.82) is 0 Å². The Morgan fingerprint density at radius 2 is 2.13 bits per heavy atom. The van der Waals surface area contributed by atoms with Crippen LogP contribution in [0.1, 0.15) is 52.1 Å². The lowest BCUT2D eigenvalue weighted by Crippen LogP contribution is -2.31. The first-order valence-corrected chi connectivity index (χ1v) is 8.24. The molecule has 0 unspecified atom stereocenters. The van der Waals surface area contributed by atoms with Gasteiger partial charge in [-0.2, -0.15) is 10.1 Å². The molecule has 1 saturated heterocycles. The molecule has 1 saturated carbocycles. The number of anilines is 3. The molecule has 2 fully saturated rings. The number of nitrogens with zero attached hydrogens (tertiary/aromatic N) is 4. The molecule has 3 heterocycles. The second-order valence-electron chi connectivity index (χ2n) is 6.23. The third-order valence-corrected chi connectivity index (χ3v) is 4.43. The van der Waals surface area contributed by atoms with Gasteiger partial charge in [-0.05, 0) is 32.1 Å². The Hall–Kier alpha value is -2.55. The standard InChI is InChI=1S/C17H20N6.2H2/c1-2-12-11-18-17(23-8-4-3-5-9-23)20-16(12)19-15-10-14(21-22-15)13-6-7-13;;/h1,10-11,13H,3-9H2,(H2,18,19,20,21,22);2*1H. The van der Waals surface area contributed by atoms with Crippen LogP contribution < -0.4 is 10.2 Å². The van der Waals surface area contributed by atoms with Gasteiger partial charge in [0.15, 0.2) is 11.6 Å². The van der Waals surface area contributed by atoms with Crippen LogP contribution >= 0.6 is 0 Å². The summed E-state index contributed by atoms with van der Waals surface area (Å²) in [5, 5.41) is 10.6. The highest BCUT2D eigenvalue weighted by Crippen LogP contribution is 2.39. The normalized spacial score (nSPS) is 17.8. The van der Waals surface area contributed by atoms with Crippen LogP contribution in [0, 0.1) is 12.3 Å². The number of hydrogen-bond donors (Lipinski definition) is 2. The van der Waals surface area contributed by atoms with Gasteiger partial charge in [0.25, 0.3) is 0 Å². The Morgan fingerprint density at radius 3 is 2.87 bits per heavy atom. The van der Waals surface area contributed by atoms with E-state index in [0.717, 1.165) is 24.9 Å². The van der Waals surface area contributed by atoms with Crippen LogP contribution in [0.3, 0.4) is 0 Å². The lowest BCUT2D eigenvalue weighted by atomic mass is 10.1. The highest BCUT2D eigenvalue weighted by molar-refractivity contribution is 5.62. The molecule has 6 nitrogen and oxygen atoms in total. The fourth-order valence-electron chi connectivity index (χ4n) is 2.95. The highest BCUT2D eigenvalue weighted by atomic mass is 15.3. The van der Waals surface area contributed by atoms with E-state index in [1.165, 1.54) is 37.8 Å². The van der Waals surface area contributed by atoms with E-state index < -0.39 is 0 Å². The topological polar surface area (TPSA) is 69.7 Å². The Bertz CT molecular complexity index is 744. The van der Waals surface area contributed by atoms with E-state index in [0.29, 0.717) is 17.3 Å². The molecular formula is C17H24N6. The fraction of sp³-hybridized carbons (Fsp3) is 0.471. The highest BCUT2D eigenvalue weighted by Gasteiger charge is 2.25. The number of nitrogens with one attached hydrogen (secondary N) is 2. The monoisotopic (exact) mass is 312 g/mol. The number of rotatable bonds is 4. The maximum absolute atomic E-state index is 5.58. The number of hydrogen-bond acceptors (Lipinski definition) is 5. The molecule has 0 spiro atoms. The van der Waals surface area contributed by atoms with Crippen LogP contribution in [0.2, 0.25) is 0 Å². The predicted octanol–water partition coefficient (Wildman–Crippen LogP) is 3.28. The molecule has 0 amide bonds. The number of H-pyrrole nitrogens is 1. The van der Waals surface area contributed by atoms with Gasteiger partial charge < -0.3 is 10.2 Å². The first-order valence-electron chi connectivity index (χ1n) is 8.24. The lowest BCUT2D eigenvalue weighted by molar-refractivity contribution is 0.568. The number of aromatic amines is 1. The molecule has 1 aliphatic heterocycles. The summed E-state index contributed by atoms with van der Waals surface area (Å²) in [6, 6.07) is 2.04. The van der Waals surface area contributed by atoms with Crippen LogP contribution in [0.15, 0.2) is 12.3 Å². The summed E-state index contributed by atoms with van der Waals surface area (Å²) in [5.74, 6) is 5.43. The molecule has 4 rings (SSSR count). The van der Waals surface area contributed by atoms with Crippen molar-refractivity contribution >= 4 is 17.6 Å². The summed E-state index contributed by atoms with van der Waals surface area (Å²) in [7, 11) is 0. The zero-order chi connectivity index (χ0) is 15.6. The zero-order valence-corrected chi connectivity index (χ0v) is 13.0. The van der Waals surface area contributed by atoms with Gasteiger partial charge in [0.1, 0.15) is 0 Å². The summed E-state index contributed by atoms with van der Waals surface area (Å²) in [6.07, 6.45) is 13.4. The van der Waals surface area contributed by atoms with Gasteiger partial charge >= 0.3 is 0 Å². The molecule has 0 atom stereocenters. The van der Waals surface area contributed by atoms with Gasteiger partial charge in [-0.1, -0.05) is 5.92 Å². The second kappa shape index (κ2) is 5.92. The molecule has 122 valence electrons. The molecule has 2 aliphatic rings. The first kappa shape index (κ1) is 14.1. The van der Waals surface area contributed by atoms with E-state index in [1.54, 1.807) is 6.20 Å². The minimum Gasteiger partial charge on any atom is -0.341 e. The van der Waals surface area contributed by atoms with Gasteiger partial charge in [0.2, 0.25) is 5.95 Å². The van der Waals surface area contributed by atoms with E-state index in [1.807, 2.05) is 6.07 Å². The number of terminal acetylenes is 1. The Morgan fingerprint density at radius 1 is 1.30 bits per heavy atom. The van der Waals surface area contributed by atoms with Crippen molar-refractivity contribution in [2.45, 2.75) is 38.0 Å². The van der Waals surface area contributed by atoms with Crippen molar-refractivity contribution in [3.8, 4) is 12.3 Å². The maximum Gasteiger partial charge on any atom is 0.227 e. The third kappa shape index (κ3) is 3.00. The molecule has 6 heteroatoms. The van der Waals surface area contributed by atoms with Crippen LogP contribution in [-0.2, 0) is 0 Å². The number of aromatic nitrogens is 4. The van der Waals surface area contributed by atoms with E-state index in [4.69, 9.17) is 6.42 Å². The summed E-state index contributed by atoms with van der Waals surface area (Å²) in [6.45, 7) is 2.01. The predicted molar refractivity (Wildman–Crippen MR) is 94.1 cm³/mol. The maximum atomic E-state index is 5.58. The summed E-state index contributed by atoms with van der Waals surface area (Å²) >= 11 is 0. The van der Waals surface area contributed by atoms with Crippen molar-refractivity contribution in [2.24, 2.45) is 0 Å². The zero-order valence-electron chi connectivity index (χ0n) is 13.0. The molecule has 0 bridgehead atoms. The van der Waals surface area contributed by atoms with Crippen LogP contribution in [-0.4, -0.2) is 33.3 Å². The van der Waals surface area contributed by atoms with E-state index in [9.17, 15) is 0 Å². The van der Waals surface area contributed by atoms with Gasteiger partial charge in [-0.15, -0.1) is 6.42 Å². The molecule has 2 aromatic rings. The molecule has 2 aromatic heterocycles. The molecule has 1 aliphatic carbocycles. The van der Waals surface area contributed by atoms with Crippen LogP contribution in [0.5, 0.6) is 0 Å². The van der Waals surface area contributed by atoms with Crippen molar-refractivity contribution in [3.63, 3.8) is 0 Å². The third-order valence-electron chi connectivity index (χ3n) is 4.43. The minimum absolute atomic E-state index is 0. The van der Waals surface area contributed by atoms with Gasteiger partial charge in [0, 0.05) is 33.6 Å². The van der Waals surface area contributed by atoms with Gasteiger partial charge in [-0.3, -0.25) is 5.10 Å². The SMILES string of the molecule is C#Cc1cnc(N2CCCCC2)nc1Nc1cc(C2CC2)[nH]n1.[HH].[HH]. The first-order chi connectivity index (χ1) is 11.3. The largest absolute Gasteiger partial charge is 0.341 e. The summed E-state index contributed by atoms with van der Waals surface area (Å²) < 4.78 is 0. The molecular weight excluding hydrogens is 288 g/mol. The Labute approximate surface area is 138 Å². The summed E-state index contributed by atoms with van der Waals surface area (Å²) in [5.41, 5.74) is 1.83. The van der Waals surface area contributed by atoms with Crippen molar-refractivity contribution in [2.75, 3.05) is 23.3 Å². The van der Waals surface area contributed by atoms with Crippen LogP contribution in [0.4, 0.5) is 17.6 Å². The van der Waals surface area contributed by atoms with E-state index in [2.05, 4.69) is 36.3 Å². The molecule has 23 heavy (non-hydrogen) atoms. The average molecular weight is 312 g/mol. The number of piperidine rings is 1. The van der Waals surface area contributed by atoms with Crippen LogP contribution in [0.25, 0.3) is 0 Å². The fourth-order valence-corrected chi connectivity index (χ4v) is 2.95. The molecule has 2 N–H and O–H groups in total. The summed E-state index contributed by atoms with van der Waals surface area (Å²) in [4.78, 5) is 11.3. The van der Waals surface area contributed by atoms with Crippen molar-refractivity contribution in [3.05, 3.63) is 23.5 Å². The van der Waals surface area contributed by atoms with Crippen molar-refractivity contribution < 1.29 is 2.85 Å². The van der Waals surface area contributed by atoms with E-state index in [-0.39, 0.29) is 2.85 Å². The second-order valence-corrected chi connectivity index (χ2v) is 6.23. The Kier molecular flexibility index (Phi) is 3.62. The van der Waals surface area contributed by atoms with Gasteiger partial charge in [-0.25, -0.2) is 4.98 Å². The van der Waals surface area contributed by atoms with E-state index >= 15 is 0 Å². The molecule has 0 aromatic carbocycles. The smallest absolute Gasteiger partial charge is 0.227 e. The lowest BCUT2D eigenvalue weighted by Gasteiger charge is -2.26. The molecule has 0 radical (unpaired) electrons. The Balaban J connectivity index is 0.00000113. The minimum atomic E-state index is 0. The average Bonchev–Trinajstić information content (AvgIpc) is 3.35.